The molecular formula is C22H42N3O5P. The molecule has 0 spiro atoms. The highest BCUT2D eigenvalue weighted by Gasteiger charge is 2.41. The summed E-state index contributed by atoms with van der Waals surface area (Å²) >= 11 is 0. The number of carbonyl (C=O) groups is 3. The van der Waals surface area contributed by atoms with Crippen LogP contribution in [0.2, 0.25) is 0 Å². The first-order chi connectivity index (χ1) is 13.9. The van der Waals surface area contributed by atoms with Crippen molar-refractivity contribution in [2.24, 2.45) is 11.3 Å². The van der Waals surface area contributed by atoms with E-state index >= 15 is 0 Å². The molecule has 0 radical (unpaired) electrons. The summed E-state index contributed by atoms with van der Waals surface area (Å²) in [6.07, 6.45) is 1.71. The molecule has 0 rings (SSSR count). The third kappa shape index (κ3) is 8.51. The lowest BCUT2D eigenvalue weighted by Crippen LogP contribution is -2.61. The lowest BCUT2D eigenvalue weighted by Gasteiger charge is -2.40. The summed E-state index contributed by atoms with van der Waals surface area (Å²) < 4.78 is 6.31. The fraction of sp³-hybridized carbons (Fsp3) is 0.773. The lowest BCUT2D eigenvalue weighted by molar-refractivity contribution is -0.143. The van der Waals surface area contributed by atoms with Gasteiger partial charge in [-0.05, 0) is 39.2 Å². The van der Waals surface area contributed by atoms with Gasteiger partial charge in [-0.2, -0.15) is 0 Å². The lowest BCUT2D eigenvalue weighted by atomic mass is 9.84. The third-order valence-corrected chi connectivity index (χ3v) is 5.43. The van der Waals surface area contributed by atoms with Crippen molar-refractivity contribution in [1.82, 2.24) is 14.9 Å². The first-order valence-electron chi connectivity index (χ1n) is 10.4. The van der Waals surface area contributed by atoms with E-state index in [1.54, 1.807) is 50.5 Å². The zero-order chi connectivity index (χ0) is 24.9. The number of ether oxygens (including phenoxy) is 1. The quantitative estimate of drug-likeness (QED) is 0.311. The molecule has 8 nitrogen and oxygen atoms in total. The highest BCUT2D eigenvalue weighted by Crippen LogP contribution is 2.25. The molecule has 2 N–H and O–H groups in total. The Morgan fingerprint density at radius 1 is 1.10 bits per heavy atom. The van der Waals surface area contributed by atoms with E-state index in [-0.39, 0.29) is 17.9 Å². The number of hydrogen-bond donors (Lipinski definition) is 2. The Morgan fingerprint density at radius 2 is 1.58 bits per heavy atom. The Kier molecular flexibility index (Phi) is 10.8. The van der Waals surface area contributed by atoms with Crippen LogP contribution in [0.25, 0.3) is 0 Å². The maximum atomic E-state index is 13.5. The van der Waals surface area contributed by atoms with Gasteiger partial charge in [0.15, 0.2) is 0 Å². The van der Waals surface area contributed by atoms with Crippen molar-refractivity contribution in [1.29, 1.82) is 0 Å². The van der Waals surface area contributed by atoms with Crippen molar-refractivity contribution in [3.8, 4) is 0 Å². The summed E-state index contributed by atoms with van der Waals surface area (Å²) in [5, 5.41) is 13.3. The molecule has 0 aliphatic carbocycles. The summed E-state index contributed by atoms with van der Waals surface area (Å²) in [4.78, 5) is 40.0. The fourth-order valence-electron chi connectivity index (χ4n) is 3.46. The molecule has 0 fully saturated rings. The van der Waals surface area contributed by atoms with E-state index in [4.69, 9.17) is 4.74 Å². The van der Waals surface area contributed by atoms with Gasteiger partial charge in [0.05, 0.1) is 18.8 Å². The fourth-order valence-corrected chi connectivity index (χ4v) is 3.96. The van der Waals surface area contributed by atoms with Gasteiger partial charge in [0, 0.05) is 12.6 Å². The number of likely N-dealkylation sites (N-methyl/N-ethyl adjacent to an activating group) is 2. The number of rotatable bonds is 9. The zero-order valence-electron chi connectivity index (χ0n) is 20.9. The van der Waals surface area contributed by atoms with Crippen LogP contribution in [0.15, 0.2) is 11.6 Å². The van der Waals surface area contributed by atoms with Gasteiger partial charge in [0.2, 0.25) is 11.8 Å². The highest BCUT2D eigenvalue weighted by molar-refractivity contribution is 7.13. The van der Waals surface area contributed by atoms with Crippen LogP contribution in [-0.2, 0) is 19.1 Å². The molecule has 0 saturated carbocycles. The molecule has 9 heteroatoms. The molecule has 0 bridgehead atoms. The van der Waals surface area contributed by atoms with Gasteiger partial charge in [0.1, 0.15) is 12.1 Å². The second-order valence-corrected chi connectivity index (χ2v) is 10.9. The number of nitrogens with one attached hydrogen (secondary N) is 1. The molecule has 0 aromatic heterocycles. The van der Waals surface area contributed by atoms with E-state index in [0.29, 0.717) is 5.57 Å². The molecule has 180 valence electrons. The molecular weight excluding hydrogens is 417 g/mol. The maximum absolute atomic E-state index is 13.5. The minimum atomic E-state index is -1.32. The van der Waals surface area contributed by atoms with Crippen LogP contribution in [0.1, 0.15) is 55.4 Å². The number of carbonyl (C=O) groups excluding carboxylic acids is 3. The van der Waals surface area contributed by atoms with Crippen LogP contribution in [0.3, 0.4) is 0 Å². The predicted molar refractivity (Wildman–Crippen MR) is 126 cm³/mol. The van der Waals surface area contributed by atoms with Gasteiger partial charge in [-0.1, -0.05) is 50.1 Å². The van der Waals surface area contributed by atoms with Gasteiger partial charge in [-0.25, -0.2) is 4.79 Å². The van der Waals surface area contributed by atoms with E-state index < -0.39 is 35.0 Å². The first-order valence-corrected chi connectivity index (χ1v) is 10.9. The molecule has 0 aliphatic rings. The first kappa shape index (κ1) is 29.5. The average Bonchev–Trinajstić information content (AvgIpc) is 2.59. The molecule has 4 atom stereocenters. The Morgan fingerprint density at radius 3 is 1.90 bits per heavy atom. The largest absolute Gasteiger partial charge is 0.466 e. The molecule has 0 aromatic carbocycles. The van der Waals surface area contributed by atoms with E-state index in [0.717, 1.165) is 0 Å². The van der Waals surface area contributed by atoms with Crippen LogP contribution in [0, 0.1) is 11.3 Å². The van der Waals surface area contributed by atoms with Crippen LogP contribution >= 0.6 is 9.39 Å². The van der Waals surface area contributed by atoms with Crippen LogP contribution < -0.4 is 5.32 Å². The molecule has 31 heavy (non-hydrogen) atoms. The monoisotopic (exact) mass is 459 g/mol. The van der Waals surface area contributed by atoms with E-state index in [1.807, 2.05) is 34.6 Å². The molecule has 0 saturated heterocycles. The van der Waals surface area contributed by atoms with Crippen molar-refractivity contribution in [3.63, 3.8) is 0 Å². The predicted octanol–water partition coefficient (Wildman–Crippen LogP) is 1.98. The van der Waals surface area contributed by atoms with Gasteiger partial charge < -0.3 is 20.1 Å². The Hall–Kier alpha value is -1.50. The van der Waals surface area contributed by atoms with E-state index in [2.05, 4.69) is 14.7 Å². The van der Waals surface area contributed by atoms with E-state index in [1.165, 1.54) is 7.11 Å². The van der Waals surface area contributed by atoms with Gasteiger partial charge in [0.25, 0.3) is 0 Å². The smallest absolute Gasteiger partial charge is 0.333 e. The van der Waals surface area contributed by atoms with Gasteiger partial charge >= 0.3 is 5.97 Å². The summed E-state index contributed by atoms with van der Waals surface area (Å²) in [7, 11) is 7.03. The molecule has 1 unspecified atom stereocenters. The van der Waals surface area contributed by atoms with Crippen LogP contribution in [-0.4, -0.2) is 77.4 Å². The second-order valence-electron chi connectivity index (χ2n) is 10.1. The SMILES string of the molecule is COC(=O)/C(C)=C/[C@H](C(C)C)N(C)C(=O)[C@@H](NC(=O)[C@@H](N(C)P)C(C)(C)O)C(C)(C)C. The third-order valence-electron chi connectivity index (χ3n) is 5.13. The number of esters is 1. The normalized spacial score (nSPS) is 16.0. The van der Waals surface area contributed by atoms with Crippen molar-refractivity contribution < 1.29 is 24.2 Å². The van der Waals surface area contributed by atoms with Crippen molar-refractivity contribution in [2.45, 2.75) is 79.1 Å². The number of hydrogen-bond acceptors (Lipinski definition) is 6. The van der Waals surface area contributed by atoms with Crippen LogP contribution in [0.4, 0.5) is 0 Å². The highest BCUT2D eigenvalue weighted by atomic mass is 31.0. The van der Waals surface area contributed by atoms with E-state index in [9.17, 15) is 19.5 Å². The molecule has 2 amide bonds. The Balaban J connectivity index is 6.02. The molecule has 0 heterocycles. The van der Waals surface area contributed by atoms with Crippen LogP contribution in [0.5, 0.6) is 0 Å². The second kappa shape index (κ2) is 11.4. The summed E-state index contributed by atoms with van der Waals surface area (Å²) in [6, 6.07) is -2.08. The number of nitrogens with zero attached hydrogens (tertiary/aromatic N) is 2. The van der Waals surface area contributed by atoms with Crippen molar-refractivity contribution >= 4 is 27.2 Å². The Bertz CT molecular complexity index is 678. The minimum absolute atomic E-state index is 0.0205. The van der Waals surface area contributed by atoms with Crippen molar-refractivity contribution in [3.05, 3.63) is 11.6 Å². The molecule has 0 aliphatic heterocycles. The summed E-state index contributed by atoms with van der Waals surface area (Å²) in [5.41, 5.74) is -1.50. The number of amides is 2. The standard InChI is InChI=1S/C22H42N3O5P/c1-13(2)15(12-14(3)20(28)30-11)24(9)19(27)16(21(4,5)6)23-18(26)17(25(10)31)22(7,8)29/h12-13,15-17,29H,31H2,1-11H3,(H,23,26)/b14-12+/t15-,16-,17-/m1/s1. The zero-order valence-corrected chi connectivity index (χ0v) is 22.1. The van der Waals surface area contributed by atoms with Gasteiger partial charge in [-0.3, -0.25) is 14.3 Å². The average molecular weight is 460 g/mol. The van der Waals surface area contributed by atoms with Crippen molar-refractivity contribution in [2.75, 3.05) is 21.2 Å². The van der Waals surface area contributed by atoms with Gasteiger partial charge in [-0.15, -0.1) is 0 Å². The number of aliphatic hydroxyl groups is 1. The number of methoxy groups -OCH3 is 1. The summed E-state index contributed by atoms with van der Waals surface area (Å²) in [5.74, 6) is -1.17. The maximum Gasteiger partial charge on any atom is 0.333 e. The topological polar surface area (TPSA) is 99.2 Å². The summed E-state index contributed by atoms with van der Waals surface area (Å²) in [6.45, 7) is 14.3. The molecule has 0 aromatic rings. The Labute approximate surface area is 190 Å². The minimum Gasteiger partial charge on any atom is -0.466 e.